The van der Waals surface area contributed by atoms with Crippen LogP contribution in [0, 0.1) is 0 Å². The molecule has 3 atom stereocenters. The van der Waals surface area contributed by atoms with E-state index in [0.717, 1.165) is 26.2 Å². The summed E-state index contributed by atoms with van der Waals surface area (Å²) in [6.45, 7) is 4.87. The maximum absolute atomic E-state index is 5.50. The van der Waals surface area contributed by atoms with Crippen LogP contribution >= 0.6 is 0 Å². The molecule has 2 rings (SSSR count). The quantitative estimate of drug-likeness (QED) is 0.694. The third-order valence-electron chi connectivity index (χ3n) is 2.99. The first kappa shape index (κ1) is 9.44. The van der Waals surface area contributed by atoms with Gasteiger partial charge in [0.1, 0.15) is 0 Å². The van der Waals surface area contributed by atoms with Crippen LogP contribution in [-0.2, 0) is 9.47 Å². The summed E-state index contributed by atoms with van der Waals surface area (Å²) >= 11 is 0. The SMILES string of the molecule is CC1OCCC1N[C@H]1CCCOC1. The summed E-state index contributed by atoms with van der Waals surface area (Å²) < 4.78 is 10.9. The lowest BCUT2D eigenvalue weighted by Gasteiger charge is -2.27. The van der Waals surface area contributed by atoms with Gasteiger partial charge in [-0.05, 0) is 26.2 Å². The van der Waals surface area contributed by atoms with Crippen molar-refractivity contribution in [2.45, 2.75) is 44.4 Å². The highest BCUT2D eigenvalue weighted by molar-refractivity contribution is 4.83. The lowest BCUT2D eigenvalue weighted by molar-refractivity contribution is 0.0579. The minimum absolute atomic E-state index is 0.377. The summed E-state index contributed by atoms with van der Waals surface area (Å²) in [4.78, 5) is 0. The van der Waals surface area contributed by atoms with Gasteiger partial charge in [0, 0.05) is 25.3 Å². The van der Waals surface area contributed by atoms with Gasteiger partial charge in [-0.25, -0.2) is 0 Å². The fourth-order valence-corrected chi connectivity index (χ4v) is 2.13. The van der Waals surface area contributed by atoms with Crippen molar-refractivity contribution in [1.82, 2.24) is 5.32 Å². The first-order valence-corrected chi connectivity index (χ1v) is 5.31. The average molecular weight is 185 g/mol. The van der Waals surface area contributed by atoms with Crippen LogP contribution in [0.3, 0.4) is 0 Å². The van der Waals surface area contributed by atoms with E-state index >= 15 is 0 Å². The third-order valence-corrected chi connectivity index (χ3v) is 2.99. The number of hydrogen-bond acceptors (Lipinski definition) is 3. The topological polar surface area (TPSA) is 30.5 Å². The second-order valence-electron chi connectivity index (χ2n) is 4.05. The van der Waals surface area contributed by atoms with Crippen molar-refractivity contribution in [2.75, 3.05) is 19.8 Å². The second-order valence-corrected chi connectivity index (χ2v) is 4.05. The second kappa shape index (κ2) is 4.40. The first-order valence-electron chi connectivity index (χ1n) is 5.31. The van der Waals surface area contributed by atoms with E-state index in [1.807, 2.05) is 0 Å². The van der Waals surface area contributed by atoms with Crippen LogP contribution in [-0.4, -0.2) is 38.0 Å². The Labute approximate surface area is 79.8 Å². The Balaban J connectivity index is 1.75. The Morgan fingerprint density at radius 3 is 2.77 bits per heavy atom. The molecule has 0 aromatic rings. The van der Waals surface area contributed by atoms with Gasteiger partial charge in [0.25, 0.3) is 0 Å². The molecular weight excluding hydrogens is 166 g/mol. The summed E-state index contributed by atoms with van der Waals surface area (Å²) in [6, 6.07) is 1.11. The normalized spacial score (nSPS) is 40.8. The Hall–Kier alpha value is -0.120. The van der Waals surface area contributed by atoms with Crippen LogP contribution in [0.15, 0.2) is 0 Å². The molecule has 1 N–H and O–H groups in total. The standard InChI is InChI=1S/C10H19NO2/c1-8-10(4-6-13-8)11-9-3-2-5-12-7-9/h8-11H,2-7H2,1H3/t8?,9-,10?/m0/s1. The molecule has 0 aromatic carbocycles. The van der Waals surface area contributed by atoms with E-state index in [9.17, 15) is 0 Å². The molecule has 2 unspecified atom stereocenters. The van der Waals surface area contributed by atoms with E-state index in [1.165, 1.54) is 12.8 Å². The summed E-state index contributed by atoms with van der Waals surface area (Å²) in [5.74, 6) is 0. The van der Waals surface area contributed by atoms with E-state index in [4.69, 9.17) is 9.47 Å². The van der Waals surface area contributed by atoms with Gasteiger partial charge in [-0.2, -0.15) is 0 Å². The lowest BCUT2D eigenvalue weighted by atomic mass is 10.1. The highest BCUT2D eigenvalue weighted by Gasteiger charge is 2.27. The fraction of sp³-hybridized carbons (Fsp3) is 1.00. The molecule has 2 aliphatic heterocycles. The zero-order valence-electron chi connectivity index (χ0n) is 8.29. The molecule has 2 saturated heterocycles. The van der Waals surface area contributed by atoms with Crippen molar-refractivity contribution in [3.63, 3.8) is 0 Å². The fourth-order valence-electron chi connectivity index (χ4n) is 2.13. The van der Waals surface area contributed by atoms with Gasteiger partial charge < -0.3 is 14.8 Å². The zero-order valence-corrected chi connectivity index (χ0v) is 8.29. The van der Waals surface area contributed by atoms with Crippen molar-refractivity contribution in [1.29, 1.82) is 0 Å². The monoisotopic (exact) mass is 185 g/mol. The number of rotatable bonds is 2. The summed E-state index contributed by atoms with van der Waals surface area (Å²) in [5, 5.41) is 3.62. The van der Waals surface area contributed by atoms with Crippen LogP contribution in [0.1, 0.15) is 26.2 Å². The van der Waals surface area contributed by atoms with Crippen LogP contribution in [0.2, 0.25) is 0 Å². The third kappa shape index (κ3) is 2.42. The number of ether oxygens (including phenoxy) is 2. The van der Waals surface area contributed by atoms with E-state index < -0.39 is 0 Å². The van der Waals surface area contributed by atoms with E-state index in [0.29, 0.717) is 18.2 Å². The van der Waals surface area contributed by atoms with Crippen molar-refractivity contribution in [3.05, 3.63) is 0 Å². The number of hydrogen-bond donors (Lipinski definition) is 1. The van der Waals surface area contributed by atoms with Gasteiger partial charge in [-0.1, -0.05) is 0 Å². The predicted octanol–water partition coefficient (Wildman–Crippen LogP) is 0.932. The Kier molecular flexibility index (Phi) is 3.19. The van der Waals surface area contributed by atoms with Gasteiger partial charge in [0.05, 0.1) is 12.7 Å². The Bertz CT molecular complexity index is 157. The molecule has 0 radical (unpaired) electrons. The molecule has 3 nitrogen and oxygen atoms in total. The number of nitrogens with one attached hydrogen (secondary N) is 1. The van der Waals surface area contributed by atoms with Gasteiger partial charge in [0.15, 0.2) is 0 Å². The molecule has 2 heterocycles. The van der Waals surface area contributed by atoms with E-state index in [-0.39, 0.29) is 0 Å². The van der Waals surface area contributed by atoms with Crippen molar-refractivity contribution in [2.24, 2.45) is 0 Å². The molecule has 76 valence electrons. The molecule has 0 amide bonds. The zero-order chi connectivity index (χ0) is 9.10. The molecule has 0 bridgehead atoms. The maximum atomic E-state index is 5.50. The predicted molar refractivity (Wildman–Crippen MR) is 50.8 cm³/mol. The van der Waals surface area contributed by atoms with E-state index in [1.54, 1.807) is 0 Å². The average Bonchev–Trinajstić information content (AvgIpc) is 2.54. The van der Waals surface area contributed by atoms with Crippen molar-refractivity contribution < 1.29 is 9.47 Å². The largest absolute Gasteiger partial charge is 0.380 e. The highest BCUT2D eigenvalue weighted by atomic mass is 16.5. The maximum Gasteiger partial charge on any atom is 0.0700 e. The van der Waals surface area contributed by atoms with Crippen molar-refractivity contribution >= 4 is 0 Å². The summed E-state index contributed by atoms with van der Waals surface area (Å²) in [7, 11) is 0. The van der Waals surface area contributed by atoms with Crippen LogP contribution in [0.25, 0.3) is 0 Å². The van der Waals surface area contributed by atoms with Crippen LogP contribution in [0.4, 0.5) is 0 Å². The minimum atomic E-state index is 0.377. The molecule has 0 aliphatic carbocycles. The molecule has 0 spiro atoms. The van der Waals surface area contributed by atoms with Crippen LogP contribution in [0.5, 0.6) is 0 Å². The van der Waals surface area contributed by atoms with Crippen molar-refractivity contribution in [3.8, 4) is 0 Å². The van der Waals surface area contributed by atoms with Gasteiger partial charge >= 0.3 is 0 Å². The van der Waals surface area contributed by atoms with E-state index in [2.05, 4.69) is 12.2 Å². The lowest BCUT2D eigenvalue weighted by Crippen LogP contribution is -2.45. The smallest absolute Gasteiger partial charge is 0.0700 e. The van der Waals surface area contributed by atoms with Gasteiger partial charge in [-0.15, -0.1) is 0 Å². The molecule has 2 fully saturated rings. The molecule has 0 saturated carbocycles. The summed E-state index contributed by atoms with van der Waals surface area (Å²) in [5.41, 5.74) is 0. The molecule has 0 aromatic heterocycles. The Morgan fingerprint density at radius 1 is 1.23 bits per heavy atom. The molecular formula is C10H19NO2. The van der Waals surface area contributed by atoms with Gasteiger partial charge in [-0.3, -0.25) is 0 Å². The molecule has 2 aliphatic rings. The van der Waals surface area contributed by atoms with Gasteiger partial charge in [0.2, 0.25) is 0 Å². The minimum Gasteiger partial charge on any atom is -0.380 e. The highest BCUT2D eigenvalue weighted by Crippen LogP contribution is 2.15. The molecule has 3 heteroatoms. The van der Waals surface area contributed by atoms with Crippen LogP contribution < -0.4 is 5.32 Å². The Morgan fingerprint density at radius 2 is 2.15 bits per heavy atom. The molecule has 13 heavy (non-hydrogen) atoms. The summed E-state index contributed by atoms with van der Waals surface area (Å²) in [6.07, 6.45) is 3.97. The first-order chi connectivity index (χ1) is 6.36.